The van der Waals surface area contributed by atoms with Crippen LogP contribution in [0.4, 0.5) is 11.4 Å². The van der Waals surface area contributed by atoms with E-state index in [1.54, 1.807) is 0 Å². The minimum absolute atomic E-state index is 0.0287. The molecule has 160 valence electrons. The molecule has 1 aliphatic rings. The first kappa shape index (κ1) is 23.3. The van der Waals surface area contributed by atoms with Crippen LogP contribution in [0.15, 0.2) is 0 Å². The second-order valence-corrected chi connectivity index (χ2v) is 9.47. The summed E-state index contributed by atoms with van der Waals surface area (Å²) in [6, 6.07) is 2.31. The Morgan fingerprint density at radius 2 is 1.76 bits per heavy atom. The highest BCUT2D eigenvalue weighted by Gasteiger charge is 2.30. The van der Waals surface area contributed by atoms with Crippen LogP contribution < -0.4 is 10.2 Å². The molecule has 1 aromatic carbocycles. The van der Waals surface area contributed by atoms with Gasteiger partial charge >= 0.3 is 0 Å². The van der Waals surface area contributed by atoms with Gasteiger partial charge in [0.15, 0.2) is 0 Å². The van der Waals surface area contributed by atoms with Gasteiger partial charge in [-0.25, -0.2) is 0 Å². The highest BCUT2D eigenvalue weighted by Crippen LogP contribution is 2.43. The minimum Gasteiger partial charge on any atom is -0.369 e. The van der Waals surface area contributed by atoms with Crippen LogP contribution in [0.3, 0.4) is 0 Å². The summed E-state index contributed by atoms with van der Waals surface area (Å²) in [6.07, 6.45) is 9.08. The molecule has 1 aromatic rings. The van der Waals surface area contributed by atoms with Gasteiger partial charge < -0.3 is 10.2 Å². The van der Waals surface area contributed by atoms with Gasteiger partial charge in [0.05, 0.1) is 23.9 Å². The average molecular weight is 398 g/mol. The predicted molar refractivity (Wildman–Crippen MR) is 123 cm³/mol. The predicted octanol–water partition coefficient (Wildman–Crippen LogP) is 6.08. The molecule has 4 heteroatoms. The molecule has 1 amide bonds. The molecule has 0 aliphatic carbocycles. The van der Waals surface area contributed by atoms with Gasteiger partial charge in [0.25, 0.3) is 0 Å². The van der Waals surface area contributed by atoms with Crippen molar-refractivity contribution in [3.8, 4) is 6.07 Å². The van der Waals surface area contributed by atoms with Crippen molar-refractivity contribution in [1.82, 2.24) is 0 Å². The fourth-order valence-corrected chi connectivity index (χ4v) is 4.24. The zero-order chi connectivity index (χ0) is 21.6. The lowest BCUT2D eigenvalue weighted by molar-refractivity contribution is -0.123. The molecule has 0 radical (unpaired) electrons. The smallest absolute Gasteiger partial charge is 0.229 e. The number of hydrogen-bond acceptors (Lipinski definition) is 3. The van der Waals surface area contributed by atoms with E-state index in [0.29, 0.717) is 6.42 Å². The first-order chi connectivity index (χ1) is 13.7. The van der Waals surface area contributed by atoms with E-state index >= 15 is 0 Å². The third-order valence-corrected chi connectivity index (χ3v) is 6.16. The molecule has 1 heterocycles. The van der Waals surface area contributed by atoms with E-state index in [-0.39, 0.29) is 5.91 Å². The number of hydrogen-bond donors (Lipinski definition) is 1. The van der Waals surface area contributed by atoms with E-state index in [1.165, 1.54) is 55.3 Å². The van der Waals surface area contributed by atoms with Gasteiger partial charge in [-0.3, -0.25) is 4.79 Å². The Morgan fingerprint density at radius 1 is 1.10 bits per heavy atom. The largest absolute Gasteiger partial charge is 0.369 e. The Kier molecular flexibility index (Phi) is 8.14. The third-order valence-electron chi connectivity index (χ3n) is 6.16. The van der Waals surface area contributed by atoms with Gasteiger partial charge in [-0.15, -0.1) is 0 Å². The molecule has 0 unspecified atom stereocenters. The van der Waals surface area contributed by atoms with E-state index in [4.69, 9.17) is 0 Å². The number of nitriles is 1. The number of nitrogens with one attached hydrogen (secondary N) is 1. The SMILES string of the molecule is CCCCCCCCN1CCc2c(C)c(CC#N)c(C)c(NC(=O)C(C)(C)C)c21. The van der Waals surface area contributed by atoms with E-state index in [9.17, 15) is 10.1 Å². The number of carbonyl (C=O) groups excluding carboxylic acids is 1. The number of fused-ring (bicyclic) bond motifs is 1. The number of rotatable bonds is 9. The van der Waals surface area contributed by atoms with Crippen molar-refractivity contribution in [3.05, 3.63) is 22.3 Å². The lowest BCUT2D eigenvalue weighted by atomic mass is 9.90. The van der Waals surface area contributed by atoms with Crippen LogP contribution in [-0.4, -0.2) is 19.0 Å². The number of nitrogens with zero attached hydrogens (tertiary/aromatic N) is 2. The molecular weight excluding hydrogens is 358 g/mol. The molecule has 0 spiro atoms. The molecule has 4 nitrogen and oxygen atoms in total. The maximum Gasteiger partial charge on any atom is 0.229 e. The van der Waals surface area contributed by atoms with Crippen molar-refractivity contribution in [2.24, 2.45) is 5.41 Å². The summed E-state index contributed by atoms with van der Waals surface area (Å²) >= 11 is 0. The molecule has 0 bridgehead atoms. The maximum atomic E-state index is 12.8. The molecule has 29 heavy (non-hydrogen) atoms. The van der Waals surface area contributed by atoms with Crippen LogP contribution in [-0.2, 0) is 17.6 Å². The molecule has 0 atom stereocenters. The molecule has 0 saturated carbocycles. The minimum atomic E-state index is -0.456. The first-order valence-corrected chi connectivity index (χ1v) is 11.3. The van der Waals surface area contributed by atoms with Crippen molar-refractivity contribution in [2.75, 3.05) is 23.3 Å². The van der Waals surface area contributed by atoms with E-state index in [2.05, 4.69) is 37.1 Å². The highest BCUT2D eigenvalue weighted by atomic mass is 16.2. The van der Waals surface area contributed by atoms with Crippen LogP contribution in [0.1, 0.15) is 88.5 Å². The van der Waals surface area contributed by atoms with Crippen LogP contribution in [0.5, 0.6) is 0 Å². The van der Waals surface area contributed by atoms with Gasteiger partial charge in [0, 0.05) is 18.5 Å². The molecule has 0 aromatic heterocycles. The lowest BCUT2D eigenvalue weighted by Crippen LogP contribution is -2.30. The maximum absolute atomic E-state index is 12.8. The topological polar surface area (TPSA) is 56.1 Å². The molecule has 0 saturated heterocycles. The molecule has 0 fully saturated rings. The standard InChI is InChI=1S/C25H39N3O/c1-7-8-9-10-11-12-16-28-17-14-21-18(2)20(13-15-26)19(3)22(23(21)28)27-24(29)25(4,5)6/h7-14,16-17H2,1-6H3,(H,27,29). The summed E-state index contributed by atoms with van der Waals surface area (Å²) < 4.78 is 0. The zero-order valence-corrected chi connectivity index (χ0v) is 19.4. The zero-order valence-electron chi connectivity index (χ0n) is 19.4. The summed E-state index contributed by atoms with van der Waals surface area (Å²) in [5, 5.41) is 12.6. The second-order valence-electron chi connectivity index (χ2n) is 9.47. The van der Waals surface area contributed by atoms with Crippen molar-refractivity contribution in [2.45, 2.75) is 92.9 Å². The Bertz CT molecular complexity index is 768. The van der Waals surface area contributed by atoms with Gasteiger partial charge in [-0.05, 0) is 48.9 Å². The van der Waals surface area contributed by atoms with Crippen LogP contribution in [0, 0.1) is 30.6 Å². The van der Waals surface area contributed by atoms with Crippen LogP contribution >= 0.6 is 0 Å². The normalized spacial score (nSPS) is 13.3. The number of amides is 1. The fraction of sp³-hybridized carbons (Fsp3) is 0.680. The van der Waals surface area contributed by atoms with E-state index in [1.807, 2.05) is 20.8 Å². The van der Waals surface area contributed by atoms with Crippen LogP contribution in [0.2, 0.25) is 0 Å². The lowest BCUT2D eigenvalue weighted by Gasteiger charge is -2.28. The monoisotopic (exact) mass is 397 g/mol. The Balaban J connectivity index is 2.31. The summed E-state index contributed by atoms with van der Waals surface area (Å²) in [7, 11) is 0. The second kappa shape index (κ2) is 10.1. The number of anilines is 2. The van der Waals surface area contributed by atoms with Gasteiger partial charge in [-0.2, -0.15) is 5.26 Å². The molecule has 1 N–H and O–H groups in total. The van der Waals surface area contributed by atoms with Crippen molar-refractivity contribution >= 4 is 17.3 Å². The highest BCUT2D eigenvalue weighted by molar-refractivity contribution is 6.00. The number of unbranched alkanes of at least 4 members (excludes halogenated alkanes) is 5. The molecule has 2 rings (SSSR count). The van der Waals surface area contributed by atoms with Crippen molar-refractivity contribution < 1.29 is 4.79 Å². The fourth-order valence-electron chi connectivity index (χ4n) is 4.24. The molecule has 1 aliphatic heterocycles. The van der Waals surface area contributed by atoms with Gasteiger partial charge in [0.1, 0.15) is 0 Å². The summed E-state index contributed by atoms with van der Waals surface area (Å²) in [4.78, 5) is 15.3. The average Bonchev–Trinajstić information content (AvgIpc) is 3.08. The Labute approximate surface area is 177 Å². The summed E-state index contributed by atoms with van der Waals surface area (Å²) in [5.41, 5.74) is 6.36. The Morgan fingerprint density at radius 3 is 2.38 bits per heavy atom. The summed E-state index contributed by atoms with van der Waals surface area (Å²) in [5.74, 6) is 0.0287. The van der Waals surface area contributed by atoms with Crippen LogP contribution in [0.25, 0.3) is 0 Å². The summed E-state index contributed by atoms with van der Waals surface area (Å²) in [6.45, 7) is 14.3. The molecular formula is C25H39N3O. The third kappa shape index (κ3) is 5.53. The quantitative estimate of drug-likeness (QED) is 0.514. The number of benzene rings is 1. The van der Waals surface area contributed by atoms with Gasteiger partial charge in [-0.1, -0.05) is 59.8 Å². The van der Waals surface area contributed by atoms with E-state index < -0.39 is 5.41 Å². The van der Waals surface area contributed by atoms with Crippen molar-refractivity contribution in [1.29, 1.82) is 5.26 Å². The number of carbonyl (C=O) groups is 1. The first-order valence-electron chi connectivity index (χ1n) is 11.3. The van der Waals surface area contributed by atoms with Crippen molar-refractivity contribution in [3.63, 3.8) is 0 Å². The van der Waals surface area contributed by atoms with E-state index in [0.717, 1.165) is 36.3 Å². The Hall–Kier alpha value is -2.02. The van der Waals surface area contributed by atoms with Gasteiger partial charge in [0.2, 0.25) is 5.91 Å².